The molecule has 6 nitrogen and oxygen atoms in total. The van der Waals surface area contributed by atoms with Crippen LogP contribution in [0.25, 0.3) is 0 Å². The first-order valence-electron chi connectivity index (χ1n) is 5.19. The van der Waals surface area contributed by atoms with Crippen molar-refractivity contribution in [1.82, 2.24) is 9.97 Å². The number of pyridine rings is 2. The first kappa shape index (κ1) is 12.3. The number of nitrogens with zero attached hydrogens (tertiary/aromatic N) is 2. The van der Waals surface area contributed by atoms with Crippen molar-refractivity contribution in [1.29, 1.82) is 0 Å². The predicted octanol–water partition coefficient (Wildman–Crippen LogP) is 1.32. The van der Waals surface area contributed by atoms with E-state index in [0.717, 1.165) is 0 Å². The molecule has 0 atom stereocenters. The maximum absolute atomic E-state index is 12.2. The summed E-state index contributed by atoms with van der Waals surface area (Å²) < 4.78 is 26.7. The summed E-state index contributed by atoms with van der Waals surface area (Å²) in [6.45, 7) is 0. The molecule has 18 heavy (non-hydrogen) atoms. The van der Waals surface area contributed by atoms with Gasteiger partial charge in [-0.1, -0.05) is 6.07 Å². The Labute approximate surface area is 105 Å². The molecular formula is C11H12N4O2S. The fraction of sp³-hybridized carbons (Fsp3) is 0.0909. The Balaban J connectivity index is 2.37. The van der Waals surface area contributed by atoms with Crippen LogP contribution in [0.1, 0.15) is 0 Å². The third-order valence-corrected chi connectivity index (χ3v) is 3.63. The first-order chi connectivity index (χ1) is 8.63. The van der Waals surface area contributed by atoms with Crippen molar-refractivity contribution < 1.29 is 8.42 Å². The van der Waals surface area contributed by atoms with E-state index < -0.39 is 10.0 Å². The van der Waals surface area contributed by atoms with Crippen molar-refractivity contribution in [3.8, 4) is 0 Å². The second kappa shape index (κ2) is 5.01. The van der Waals surface area contributed by atoms with Crippen LogP contribution in [0.5, 0.6) is 0 Å². The van der Waals surface area contributed by atoms with Gasteiger partial charge >= 0.3 is 0 Å². The average Bonchev–Trinajstić information content (AvgIpc) is 2.39. The van der Waals surface area contributed by atoms with Crippen molar-refractivity contribution in [3.63, 3.8) is 0 Å². The van der Waals surface area contributed by atoms with Gasteiger partial charge in [0.1, 0.15) is 10.7 Å². The van der Waals surface area contributed by atoms with Crippen LogP contribution in [-0.4, -0.2) is 25.4 Å². The highest BCUT2D eigenvalue weighted by atomic mass is 32.2. The standard InChI is InChI=1S/C11H12N4O2S/c1-12-9-5-7-13-8-10(9)18(16,17)15-11-4-2-3-6-14-11/h2-8H,1H3,(H,12,13)(H,14,15). The summed E-state index contributed by atoms with van der Waals surface area (Å²) in [7, 11) is -2.05. The summed E-state index contributed by atoms with van der Waals surface area (Å²) in [6, 6.07) is 6.58. The molecule has 2 N–H and O–H groups in total. The number of sulfonamides is 1. The number of hydrogen-bond acceptors (Lipinski definition) is 5. The van der Waals surface area contributed by atoms with E-state index in [-0.39, 0.29) is 10.7 Å². The minimum absolute atomic E-state index is 0.0816. The fourth-order valence-corrected chi connectivity index (χ4v) is 2.58. The zero-order chi connectivity index (χ0) is 13.0. The molecule has 0 aliphatic carbocycles. The number of hydrogen-bond donors (Lipinski definition) is 2. The Morgan fingerprint density at radius 3 is 2.67 bits per heavy atom. The van der Waals surface area contributed by atoms with E-state index in [2.05, 4.69) is 20.0 Å². The monoisotopic (exact) mass is 264 g/mol. The van der Waals surface area contributed by atoms with Crippen LogP contribution in [-0.2, 0) is 10.0 Å². The van der Waals surface area contributed by atoms with Crippen LogP contribution >= 0.6 is 0 Å². The molecule has 7 heteroatoms. The van der Waals surface area contributed by atoms with Gasteiger partial charge in [-0.05, 0) is 18.2 Å². The molecule has 0 unspecified atom stereocenters. The van der Waals surface area contributed by atoms with Crippen LogP contribution in [0.3, 0.4) is 0 Å². The van der Waals surface area contributed by atoms with Gasteiger partial charge in [-0.15, -0.1) is 0 Å². The van der Waals surface area contributed by atoms with E-state index >= 15 is 0 Å². The van der Waals surface area contributed by atoms with Gasteiger partial charge in [0.15, 0.2) is 0 Å². The lowest BCUT2D eigenvalue weighted by atomic mass is 10.4. The van der Waals surface area contributed by atoms with E-state index in [4.69, 9.17) is 0 Å². The molecule has 0 aliphatic heterocycles. The maximum Gasteiger partial charge on any atom is 0.266 e. The van der Waals surface area contributed by atoms with E-state index in [0.29, 0.717) is 5.69 Å². The smallest absolute Gasteiger partial charge is 0.266 e. The van der Waals surface area contributed by atoms with Crippen molar-refractivity contribution in [2.24, 2.45) is 0 Å². The van der Waals surface area contributed by atoms with E-state index in [9.17, 15) is 8.42 Å². The van der Waals surface area contributed by atoms with E-state index in [1.807, 2.05) is 0 Å². The molecule has 94 valence electrons. The lowest BCUT2D eigenvalue weighted by Crippen LogP contribution is -2.15. The molecule has 0 fully saturated rings. The number of anilines is 2. The molecule has 0 spiro atoms. The summed E-state index contributed by atoms with van der Waals surface area (Å²) in [5, 5.41) is 2.81. The van der Waals surface area contributed by atoms with Gasteiger partial charge in [-0.25, -0.2) is 13.4 Å². The topological polar surface area (TPSA) is 84.0 Å². The Hall–Kier alpha value is -2.15. The predicted molar refractivity (Wildman–Crippen MR) is 68.8 cm³/mol. The van der Waals surface area contributed by atoms with Crippen molar-refractivity contribution in [3.05, 3.63) is 42.9 Å². The fourth-order valence-electron chi connectivity index (χ4n) is 1.42. The summed E-state index contributed by atoms with van der Waals surface area (Å²) in [4.78, 5) is 7.82. The van der Waals surface area contributed by atoms with Gasteiger partial charge in [0.25, 0.3) is 10.0 Å². The second-order valence-electron chi connectivity index (χ2n) is 3.44. The lowest BCUT2D eigenvalue weighted by molar-refractivity contribution is 0.601. The highest BCUT2D eigenvalue weighted by Gasteiger charge is 2.18. The maximum atomic E-state index is 12.2. The molecule has 0 amide bonds. The average molecular weight is 264 g/mol. The van der Waals surface area contributed by atoms with Gasteiger partial charge < -0.3 is 5.32 Å². The summed E-state index contributed by atoms with van der Waals surface area (Å²) in [5.41, 5.74) is 0.480. The highest BCUT2D eigenvalue weighted by Crippen LogP contribution is 2.21. The van der Waals surface area contributed by atoms with Crippen molar-refractivity contribution in [2.75, 3.05) is 17.1 Å². The summed E-state index contributed by atoms with van der Waals surface area (Å²) in [6.07, 6.45) is 4.32. The van der Waals surface area contributed by atoms with Gasteiger partial charge in [0, 0.05) is 25.6 Å². The number of aromatic nitrogens is 2. The van der Waals surface area contributed by atoms with Gasteiger partial charge in [0.05, 0.1) is 5.69 Å². The SMILES string of the molecule is CNc1ccncc1S(=O)(=O)Nc1ccccn1. The third-order valence-electron chi connectivity index (χ3n) is 2.25. The van der Waals surface area contributed by atoms with Gasteiger partial charge in [-0.3, -0.25) is 9.71 Å². The summed E-state index contributed by atoms with van der Waals surface area (Å²) in [5.74, 6) is 0.267. The van der Waals surface area contributed by atoms with Gasteiger partial charge in [0.2, 0.25) is 0 Å². The van der Waals surface area contributed by atoms with Crippen molar-refractivity contribution in [2.45, 2.75) is 4.90 Å². The lowest BCUT2D eigenvalue weighted by Gasteiger charge is -2.10. The third kappa shape index (κ3) is 2.57. The van der Waals surface area contributed by atoms with E-state index in [1.165, 1.54) is 18.6 Å². The molecule has 2 heterocycles. The molecule has 0 saturated carbocycles. The normalized spacial score (nSPS) is 10.9. The zero-order valence-electron chi connectivity index (χ0n) is 9.66. The molecule has 0 radical (unpaired) electrons. The number of rotatable bonds is 4. The van der Waals surface area contributed by atoms with E-state index in [1.54, 1.807) is 31.3 Å². The first-order valence-corrected chi connectivity index (χ1v) is 6.67. The van der Waals surface area contributed by atoms with Crippen molar-refractivity contribution >= 4 is 21.5 Å². The molecule has 2 aromatic heterocycles. The molecule has 2 aromatic rings. The Morgan fingerprint density at radius 1 is 1.17 bits per heavy atom. The van der Waals surface area contributed by atoms with Gasteiger partial charge in [-0.2, -0.15) is 0 Å². The largest absolute Gasteiger partial charge is 0.387 e. The minimum Gasteiger partial charge on any atom is -0.387 e. The highest BCUT2D eigenvalue weighted by molar-refractivity contribution is 7.92. The Kier molecular flexibility index (Phi) is 3.42. The zero-order valence-corrected chi connectivity index (χ0v) is 10.5. The molecule has 2 rings (SSSR count). The van der Waals surface area contributed by atoms with Crippen LogP contribution < -0.4 is 10.0 Å². The number of nitrogens with one attached hydrogen (secondary N) is 2. The molecule has 0 aliphatic rings. The second-order valence-corrected chi connectivity index (χ2v) is 5.09. The van der Waals surface area contributed by atoms with Crippen LogP contribution in [0.4, 0.5) is 11.5 Å². The molecular weight excluding hydrogens is 252 g/mol. The Bertz CT molecular complexity index is 629. The summed E-state index contributed by atoms with van der Waals surface area (Å²) >= 11 is 0. The van der Waals surface area contributed by atoms with Crippen LogP contribution in [0.2, 0.25) is 0 Å². The molecule has 0 bridgehead atoms. The Morgan fingerprint density at radius 2 is 2.00 bits per heavy atom. The molecule has 0 aromatic carbocycles. The quantitative estimate of drug-likeness (QED) is 0.870. The minimum atomic E-state index is -3.69. The van der Waals surface area contributed by atoms with Crippen LogP contribution in [0.15, 0.2) is 47.8 Å². The molecule has 0 saturated heterocycles. The van der Waals surface area contributed by atoms with Crippen LogP contribution in [0, 0.1) is 0 Å².